The summed E-state index contributed by atoms with van der Waals surface area (Å²) in [7, 11) is 0. The molecule has 4 rings (SSSR count). The van der Waals surface area contributed by atoms with E-state index in [1.54, 1.807) is 0 Å². The van der Waals surface area contributed by atoms with Gasteiger partial charge in [-0.25, -0.2) is 0 Å². The molecule has 0 heterocycles. The van der Waals surface area contributed by atoms with Gasteiger partial charge < -0.3 is 30.2 Å². The van der Waals surface area contributed by atoms with Crippen LogP contribution in [0.4, 0.5) is 0 Å². The molecule has 7 heteroatoms. The molecular weight excluding hydrogens is 458 g/mol. The minimum Gasteiger partial charge on any atom is -0.481 e. The monoisotopic (exact) mass is 491 g/mol. The SMILES string of the molecule is N[C@@H]1[C@@H](OCc2ccccc2)[C@@H](OCc2ccccc2)[C@H](OCc2ccccc2)[C@H]1C(O)CC(=O)O. The third kappa shape index (κ3) is 6.78. The number of aliphatic hydroxyl groups excluding tert-OH is 1. The lowest BCUT2D eigenvalue weighted by molar-refractivity contribution is -0.144. The Morgan fingerprint density at radius 2 is 1.08 bits per heavy atom. The number of hydrogen-bond donors (Lipinski definition) is 3. The number of rotatable bonds is 12. The Bertz CT molecular complexity index is 1060. The van der Waals surface area contributed by atoms with Crippen LogP contribution in [0.15, 0.2) is 91.0 Å². The van der Waals surface area contributed by atoms with Gasteiger partial charge in [0.25, 0.3) is 0 Å². The molecule has 4 N–H and O–H groups in total. The molecule has 0 radical (unpaired) electrons. The molecule has 1 fully saturated rings. The number of benzene rings is 3. The summed E-state index contributed by atoms with van der Waals surface area (Å²) < 4.78 is 19.0. The van der Waals surface area contributed by atoms with E-state index in [4.69, 9.17) is 19.9 Å². The first-order valence-electron chi connectivity index (χ1n) is 12.1. The van der Waals surface area contributed by atoms with E-state index in [0.29, 0.717) is 13.2 Å². The number of ether oxygens (including phenoxy) is 3. The smallest absolute Gasteiger partial charge is 0.305 e. The van der Waals surface area contributed by atoms with Crippen LogP contribution < -0.4 is 5.73 Å². The van der Waals surface area contributed by atoms with E-state index < -0.39 is 48.8 Å². The predicted molar refractivity (Wildman–Crippen MR) is 135 cm³/mol. The van der Waals surface area contributed by atoms with Crippen LogP contribution in [0.2, 0.25) is 0 Å². The van der Waals surface area contributed by atoms with E-state index in [9.17, 15) is 15.0 Å². The quantitative estimate of drug-likeness (QED) is 0.355. The van der Waals surface area contributed by atoms with Crippen molar-refractivity contribution in [1.29, 1.82) is 0 Å². The first kappa shape index (κ1) is 26.0. The summed E-state index contributed by atoms with van der Waals surface area (Å²) >= 11 is 0. The summed E-state index contributed by atoms with van der Waals surface area (Å²) in [5.41, 5.74) is 9.55. The molecule has 0 aliphatic heterocycles. The standard InChI is InChI=1S/C29H33NO6/c30-26-25(23(31)16-24(32)33)27(34-17-20-10-4-1-5-11-20)29(36-19-22-14-8-3-9-15-22)28(26)35-18-21-12-6-2-7-13-21/h1-15,23,25-29,31H,16-19,30H2,(H,32,33)/t23?,25-,26-,27+,28+,29-/m0/s1. The summed E-state index contributed by atoms with van der Waals surface area (Å²) in [5.74, 6) is -1.79. The molecule has 190 valence electrons. The fourth-order valence-electron chi connectivity index (χ4n) is 4.76. The summed E-state index contributed by atoms with van der Waals surface area (Å²) in [6, 6.07) is 28.4. The Morgan fingerprint density at radius 1 is 0.694 bits per heavy atom. The van der Waals surface area contributed by atoms with Crippen LogP contribution in [-0.2, 0) is 38.8 Å². The van der Waals surface area contributed by atoms with Gasteiger partial charge in [0.1, 0.15) is 12.2 Å². The maximum atomic E-state index is 11.4. The Hall–Kier alpha value is -3.07. The van der Waals surface area contributed by atoms with E-state index in [1.165, 1.54) is 0 Å². The summed E-state index contributed by atoms with van der Waals surface area (Å²) in [6.45, 7) is 0.874. The zero-order valence-corrected chi connectivity index (χ0v) is 20.1. The summed E-state index contributed by atoms with van der Waals surface area (Å²) in [6.07, 6.45) is -3.55. The first-order chi connectivity index (χ1) is 17.5. The number of aliphatic hydroxyl groups is 1. The molecule has 1 aliphatic carbocycles. The molecule has 36 heavy (non-hydrogen) atoms. The number of aliphatic carboxylic acids is 1. The van der Waals surface area contributed by atoms with Gasteiger partial charge in [0.2, 0.25) is 0 Å². The van der Waals surface area contributed by atoms with Gasteiger partial charge in [-0.1, -0.05) is 91.0 Å². The van der Waals surface area contributed by atoms with Gasteiger partial charge in [-0.05, 0) is 16.7 Å². The second kappa shape index (κ2) is 12.8. The Balaban J connectivity index is 1.59. The number of hydrogen-bond acceptors (Lipinski definition) is 6. The van der Waals surface area contributed by atoms with E-state index in [0.717, 1.165) is 16.7 Å². The molecule has 0 spiro atoms. The van der Waals surface area contributed by atoms with Crippen LogP contribution in [0, 0.1) is 5.92 Å². The van der Waals surface area contributed by atoms with Crippen molar-refractivity contribution in [3.05, 3.63) is 108 Å². The van der Waals surface area contributed by atoms with Crippen LogP contribution in [-0.4, -0.2) is 46.6 Å². The highest BCUT2D eigenvalue weighted by atomic mass is 16.6. The van der Waals surface area contributed by atoms with Crippen molar-refractivity contribution >= 4 is 5.97 Å². The molecule has 1 unspecified atom stereocenters. The third-order valence-electron chi connectivity index (χ3n) is 6.53. The van der Waals surface area contributed by atoms with E-state index in [1.807, 2.05) is 91.0 Å². The van der Waals surface area contributed by atoms with Gasteiger partial charge in [-0.15, -0.1) is 0 Å². The van der Waals surface area contributed by atoms with Crippen molar-refractivity contribution in [3.8, 4) is 0 Å². The van der Waals surface area contributed by atoms with Crippen LogP contribution in [0.25, 0.3) is 0 Å². The van der Waals surface area contributed by atoms with Crippen LogP contribution in [0.1, 0.15) is 23.1 Å². The van der Waals surface area contributed by atoms with Crippen molar-refractivity contribution in [2.75, 3.05) is 0 Å². The molecule has 0 bridgehead atoms. The maximum Gasteiger partial charge on any atom is 0.305 e. The number of nitrogens with two attached hydrogens (primary N) is 1. The lowest BCUT2D eigenvalue weighted by atomic mass is 9.92. The summed E-state index contributed by atoms with van der Waals surface area (Å²) in [4.78, 5) is 11.4. The van der Waals surface area contributed by atoms with Crippen molar-refractivity contribution < 1.29 is 29.2 Å². The Morgan fingerprint density at radius 3 is 1.50 bits per heavy atom. The highest BCUT2D eigenvalue weighted by molar-refractivity contribution is 5.67. The largest absolute Gasteiger partial charge is 0.481 e. The summed E-state index contributed by atoms with van der Waals surface area (Å²) in [5, 5.41) is 20.3. The number of carboxylic acid groups (broad SMARTS) is 1. The molecular formula is C29H33NO6. The van der Waals surface area contributed by atoms with E-state index in [-0.39, 0.29) is 6.61 Å². The van der Waals surface area contributed by atoms with Crippen molar-refractivity contribution in [2.45, 2.75) is 56.7 Å². The fraction of sp³-hybridized carbons (Fsp3) is 0.345. The normalized spacial score (nSPS) is 24.4. The predicted octanol–water partition coefficient (Wildman–Crippen LogP) is 3.54. The maximum absolute atomic E-state index is 11.4. The minimum atomic E-state index is -1.22. The van der Waals surface area contributed by atoms with Gasteiger partial charge in [0, 0.05) is 12.0 Å². The average molecular weight is 492 g/mol. The van der Waals surface area contributed by atoms with Gasteiger partial charge in [0.05, 0.1) is 38.4 Å². The number of carboxylic acids is 1. The zero-order valence-electron chi connectivity index (χ0n) is 20.1. The van der Waals surface area contributed by atoms with Crippen LogP contribution in [0.3, 0.4) is 0 Å². The van der Waals surface area contributed by atoms with Gasteiger partial charge in [-0.2, -0.15) is 0 Å². The van der Waals surface area contributed by atoms with Gasteiger partial charge >= 0.3 is 5.97 Å². The first-order valence-corrected chi connectivity index (χ1v) is 12.1. The molecule has 0 saturated heterocycles. The minimum absolute atomic E-state index is 0.269. The zero-order chi connectivity index (χ0) is 25.3. The highest BCUT2D eigenvalue weighted by Crippen LogP contribution is 2.37. The Labute approximate surface area is 211 Å². The molecule has 3 aromatic carbocycles. The molecule has 0 amide bonds. The second-order valence-corrected chi connectivity index (χ2v) is 9.10. The Kier molecular flexibility index (Phi) is 9.22. The fourth-order valence-corrected chi connectivity index (χ4v) is 4.76. The van der Waals surface area contributed by atoms with Crippen LogP contribution in [0.5, 0.6) is 0 Å². The van der Waals surface area contributed by atoms with Crippen molar-refractivity contribution in [1.82, 2.24) is 0 Å². The average Bonchev–Trinajstić information content (AvgIpc) is 3.16. The molecule has 7 nitrogen and oxygen atoms in total. The molecule has 0 aromatic heterocycles. The molecule has 3 aromatic rings. The molecule has 1 saturated carbocycles. The lowest BCUT2D eigenvalue weighted by Gasteiger charge is -2.29. The van der Waals surface area contributed by atoms with E-state index >= 15 is 0 Å². The van der Waals surface area contributed by atoms with E-state index in [2.05, 4.69) is 0 Å². The molecule has 6 atom stereocenters. The highest BCUT2D eigenvalue weighted by Gasteiger charge is 2.54. The lowest BCUT2D eigenvalue weighted by Crippen LogP contribution is -2.44. The topological polar surface area (TPSA) is 111 Å². The third-order valence-corrected chi connectivity index (χ3v) is 6.53. The van der Waals surface area contributed by atoms with Crippen molar-refractivity contribution in [2.24, 2.45) is 11.7 Å². The van der Waals surface area contributed by atoms with Gasteiger partial charge in [-0.3, -0.25) is 4.79 Å². The number of carbonyl (C=O) groups is 1. The van der Waals surface area contributed by atoms with Gasteiger partial charge in [0.15, 0.2) is 0 Å². The second-order valence-electron chi connectivity index (χ2n) is 9.10. The van der Waals surface area contributed by atoms with Crippen LogP contribution >= 0.6 is 0 Å². The molecule has 1 aliphatic rings. The van der Waals surface area contributed by atoms with Crippen molar-refractivity contribution in [3.63, 3.8) is 0 Å².